The van der Waals surface area contributed by atoms with Gasteiger partial charge in [0.05, 0.1) is 24.6 Å². The number of nitrogens with one attached hydrogen (secondary N) is 1. The number of carboxylic acid groups (broad SMARTS) is 1. The number of allylic oxidation sites excluding steroid dienone is 2. The van der Waals surface area contributed by atoms with Crippen molar-refractivity contribution in [1.29, 1.82) is 0 Å². The van der Waals surface area contributed by atoms with Crippen LogP contribution in [0.3, 0.4) is 0 Å². The Morgan fingerprint density at radius 2 is 2.04 bits per heavy atom. The van der Waals surface area contributed by atoms with Crippen molar-refractivity contribution < 1.29 is 24.2 Å². The van der Waals surface area contributed by atoms with Crippen LogP contribution in [0.25, 0.3) is 0 Å². The zero-order valence-corrected chi connectivity index (χ0v) is 13.9. The van der Waals surface area contributed by atoms with Crippen molar-refractivity contribution in [2.24, 2.45) is 23.7 Å². The number of fused-ring (bicyclic) bond motifs is 2. The Kier molecular flexibility index (Phi) is 4.66. The van der Waals surface area contributed by atoms with E-state index in [1.54, 1.807) is 12.3 Å². The number of thiazole rings is 1. The van der Waals surface area contributed by atoms with Crippen LogP contribution < -0.4 is 10.4 Å². The molecule has 0 saturated heterocycles. The fourth-order valence-electron chi connectivity index (χ4n) is 3.50. The molecule has 2 aliphatic rings. The summed E-state index contributed by atoms with van der Waals surface area (Å²) in [7, 11) is 0. The van der Waals surface area contributed by atoms with Crippen LogP contribution in [0.2, 0.25) is 0 Å². The van der Waals surface area contributed by atoms with Crippen LogP contribution in [-0.2, 0) is 25.5 Å². The Labute approximate surface area is 142 Å². The van der Waals surface area contributed by atoms with Gasteiger partial charge in [-0.3, -0.25) is 9.59 Å². The first-order chi connectivity index (χ1) is 11.5. The summed E-state index contributed by atoms with van der Waals surface area (Å²) in [6.45, 7) is 2.02. The Morgan fingerprint density at radius 3 is 2.71 bits per heavy atom. The number of nitrogens with zero attached hydrogens (tertiary/aromatic N) is 1. The minimum absolute atomic E-state index is 0.0404. The first-order valence-electron chi connectivity index (χ1n) is 7.79. The molecule has 1 aromatic heterocycles. The lowest BCUT2D eigenvalue weighted by Gasteiger charge is -2.27. The SMILES string of the molecule is CCOC(=O)Cc1csc(NC(=O)[C@H]2[C@@H](C(=O)[O-])[C@H]3C=C[C@@H]2C3)n1. The van der Waals surface area contributed by atoms with Crippen molar-refractivity contribution in [1.82, 2.24) is 4.98 Å². The molecule has 1 saturated carbocycles. The number of aromatic nitrogens is 1. The second kappa shape index (κ2) is 6.72. The Morgan fingerprint density at radius 1 is 1.33 bits per heavy atom. The molecule has 2 aliphatic carbocycles. The van der Waals surface area contributed by atoms with E-state index in [1.165, 1.54) is 11.3 Å². The lowest BCUT2D eigenvalue weighted by molar-refractivity contribution is -0.313. The Bertz CT molecular complexity index is 698. The lowest BCUT2D eigenvalue weighted by Crippen LogP contribution is -2.42. The lowest BCUT2D eigenvalue weighted by atomic mass is 9.82. The van der Waals surface area contributed by atoms with E-state index in [1.807, 2.05) is 12.2 Å². The van der Waals surface area contributed by atoms with E-state index < -0.39 is 17.8 Å². The average molecular weight is 349 g/mol. The number of rotatable bonds is 6. The molecule has 1 amide bonds. The van der Waals surface area contributed by atoms with Crippen molar-refractivity contribution in [3.8, 4) is 0 Å². The van der Waals surface area contributed by atoms with Gasteiger partial charge in [0.25, 0.3) is 0 Å². The highest BCUT2D eigenvalue weighted by molar-refractivity contribution is 7.13. The highest BCUT2D eigenvalue weighted by Gasteiger charge is 2.48. The van der Waals surface area contributed by atoms with Crippen LogP contribution in [0.1, 0.15) is 19.0 Å². The van der Waals surface area contributed by atoms with Crippen LogP contribution in [0.5, 0.6) is 0 Å². The predicted molar refractivity (Wildman–Crippen MR) is 83.8 cm³/mol. The van der Waals surface area contributed by atoms with Gasteiger partial charge in [-0.05, 0) is 25.2 Å². The summed E-state index contributed by atoms with van der Waals surface area (Å²) in [4.78, 5) is 39.5. The zero-order valence-electron chi connectivity index (χ0n) is 13.1. The number of amides is 1. The second-order valence-corrected chi connectivity index (χ2v) is 6.79. The predicted octanol–water partition coefficient (Wildman–Crippen LogP) is 0.375. The maximum atomic E-state index is 12.5. The third kappa shape index (κ3) is 3.19. The molecule has 7 nitrogen and oxygen atoms in total. The van der Waals surface area contributed by atoms with E-state index in [0.717, 1.165) is 0 Å². The van der Waals surface area contributed by atoms with Gasteiger partial charge in [0, 0.05) is 17.3 Å². The topological polar surface area (TPSA) is 108 Å². The van der Waals surface area contributed by atoms with E-state index in [4.69, 9.17) is 4.74 Å². The molecule has 4 atom stereocenters. The van der Waals surface area contributed by atoms with Crippen molar-refractivity contribution >= 4 is 34.3 Å². The van der Waals surface area contributed by atoms with Crippen molar-refractivity contribution in [3.05, 3.63) is 23.2 Å². The van der Waals surface area contributed by atoms with Gasteiger partial charge in [0.15, 0.2) is 5.13 Å². The van der Waals surface area contributed by atoms with Gasteiger partial charge in [-0.15, -0.1) is 11.3 Å². The zero-order chi connectivity index (χ0) is 17.3. The van der Waals surface area contributed by atoms with Gasteiger partial charge in [-0.25, -0.2) is 4.98 Å². The van der Waals surface area contributed by atoms with Gasteiger partial charge in [-0.2, -0.15) is 0 Å². The van der Waals surface area contributed by atoms with Gasteiger partial charge >= 0.3 is 5.97 Å². The molecular formula is C16H17N2O5S-. The molecule has 2 bridgehead atoms. The molecule has 3 rings (SSSR count). The number of esters is 1. The molecule has 128 valence electrons. The number of carbonyl (C=O) groups excluding carboxylic acids is 3. The molecule has 1 fully saturated rings. The first-order valence-corrected chi connectivity index (χ1v) is 8.67. The normalized spacial score (nSPS) is 27.2. The van der Waals surface area contributed by atoms with E-state index >= 15 is 0 Å². The molecule has 1 heterocycles. The van der Waals surface area contributed by atoms with E-state index in [2.05, 4.69) is 10.3 Å². The average Bonchev–Trinajstić information content (AvgIpc) is 3.22. The molecular weight excluding hydrogens is 332 g/mol. The largest absolute Gasteiger partial charge is 0.550 e. The summed E-state index contributed by atoms with van der Waals surface area (Å²) in [5.74, 6) is -3.56. The molecule has 0 spiro atoms. The summed E-state index contributed by atoms with van der Waals surface area (Å²) in [5.41, 5.74) is 0.512. The van der Waals surface area contributed by atoms with E-state index in [0.29, 0.717) is 23.9 Å². The summed E-state index contributed by atoms with van der Waals surface area (Å²) < 4.78 is 4.85. The minimum Gasteiger partial charge on any atom is -0.550 e. The third-order valence-corrected chi connectivity index (χ3v) is 5.25. The summed E-state index contributed by atoms with van der Waals surface area (Å²) in [6.07, 6.45) is 4.47. The molecule has 1 N–H and O–H groups in total. The standard InChI is InChI=1S/C16H18N2O5S/c1-2-23-11(19)6-10-7-24-16(17-10)18-14(20)12-8-3-4-9(5-8)13(12)15(21)22/h3-4,7-9,12-13H,2,5-6H2,1H3,(H,21,22)(H,17,18,20)/p-1/t8-,9+,12-,13+/m1/s1. The maximum absolute atomic E-state index is 12.5. The molecule has 0 aliphatic heterocycles. The summed E-state index contributed by atoms with van der Waals surface area (Å²) >= 11 is 1.19. The molecule has 0 aromatic carbocycles. The number of carbonyl (C=O) groups is 3. The number of carboxylic acids is 1. The summed E-state index contributed by atoms with van der Waals surface area (Å²) in [6, 6.07) is 0. The third-order valence-electron chi connectivity index (χ3n) is 4.45. The first kappa shape index (κ1) is 16.6. The molecule has 0 unspecified atom stereocenters. The van der Waals surface area contributed by atoms with Crippen molar-refractivity contribution in [2.75, 3.05) is 11.9 Å². The van der Waals surface area contributed by atoms with Gasteiger partial charge < -0.3 is 20.0 Å². The minimum atomic E-state index is -1.19. The number of hydrogen-bond acceptors (Lipinski definition) is 7. The highest BCUT2D eigenvalue weighted by atomic mass is 32.1. The van der Waals surface area contributed by atoms with Gasteiger partial charge in [0.1, 0.15) is 0 Å². The van der Waals surface area contributed by atoms with Gasteiger partial charge in [-0.1, -0.05) is 12.2 Å². The smallest absolute Gasteiger partial charge is 0.311 e. The highest BCUT2D eigenvalue weighted by Crippen LogP contribution is 2.48. The number of hydrogen-bond donors (Lipinski definition) is 1. The number of aliphatic carboxylic acids is 1. The number of anilines is 1. The number of ether oxygens (including phenoxy) is 1. The van der Waals surface area contributed by atoms with Gasteiger partial charge in [0.2, 0.25) is 5.91 Å². The second-order valence-electron chi connectivity index (χ2n) is 5.93. The Balaban J connectivity index is 1.65. The van der Waals surface area contributed by atoms with E-state index in [9.17, 15) is 19.5 Å². The Hall–Kier alpha value is -2.22. The van der Waals surface area contributed by atoms with Crippen LogP contribution >= 0.6 is 11.3 Å². The van der Waals surface area contributed by atoms with Crippen LogP contribution in [0.15, 0.2) is 17.5 Å². The van der Waals surface area contributed by atoms with Crippen LogP contribution in [0, 0.1) is 23.7 Å². The fraction of sp³-hybridized carbons (Fsp3) is 0.500. The van der Waals surface area contributed by atoms with E-state index in [-0.39, 0.29) is 30.1 Å². The quantitative estimate of drug-likeness (QED) is 0.587. The van der Waals surface area contributed by atoms with Crippen molar-refractivity contribution in [2.45, 2.75) is 19.8 Å². The molecule has 1 aromatic rings. The monoisotopic (exact) mass is 349 g/mol. The summed E-state index contributed by atoms with van der Waals surface area (Å²) in [5, 5.41) is 16.0. The molecule has 8 heteroatoms. The molecule has 0 radical (unpaired) electrons. The molecule has 24 heavy (non-hydrogen) atoms. The maximum Gasteiger partial charge on any atom is 0.311 e. The fourth-order valence-corrected chi connectivity index (χ4v) is 4.21. The van der Waals surface area contributed by atoms with Crippen LogP contribution in [0.4, 0.5) is 5.13 Å². The van der Waals surface area contributed by atoms with Crippen LogP contribution in [-0.4, -0.2) is 29.4 Å². The van der Waals surface area contributed by atoms with Crippen molar-refractivity contribution in [3.63, 3.8) is 0 Å².